The van der Waals surface area contributed by atoms with Gasteiger partial charge in [0, 0.05) is 9.79 Å². The lowest BCUT2D eigenvalue weighted by Gasteiger charge is -2.13. The van der Waals surface area contributed by atoms with E-state index in [2.05, 4.69) is 61.0 Å². The third kappa shape index (κ3) is 1.72. The van der Waals surface area contributed by atoms with Crippen LogP contribution >= 0.6 is 23.5 Å². The van der Waals surface area contributed by atoms with E-state index in [4.69, 9.17) is 0 Å². The fourth-order valence-electron chi connectivity index (χ4n) is 3.02. The van der Waals surface area contributed by atoms with Crippen LogP contribution in [0.25, 0.3) is 32.3 Å². The Balaban J connectivity index is 2.24. The van der Waals surface area contributed by atoms with E-state index in [0.29, 0.717) is 0 Å². The van der Waals surface area contributed by atoms with Gasteiger partial charge in [0.2, 0.25) is 0 Å². The molecule has 0 spiro atoms. The number of thioether (sulfide) groups is 2. The first-order valence-corrected chi connectivity index (χ1v) is 9.06. The molecule has 0 aliphatic heterocycles. The van der Waals surface area contributed by atoms with E-state index >= 15 is 0 Å². The molecule has 20 heavy (non-hydrogen) atoms. The van der Waals surface area contributed by atoms with Gasteiger partial charge in [0.25, 0.3) is 0 Å². The molecule has 4 aromatic rings. The lowest BCUT2D eigenvalue weighted by atomic mass is 9.94. The van der Waals surface area contributed by atoms with E-state index in [9.17, 15) is 0 Å². The van der Waals surface area contributed by atoms with Gasteiger partial charge in [-0.05, 0) is 69.1 Å². The molecule has 0 amide bonds. The van der Waals surface area contributed by atoms with Crippen molar-refractivity contribution in [2.45, 2.75) is 9.79 Å². The molecule has 0 nitrogen and oxygen atoms in total. The molecule has 0 N–H and O–H groups in total. The quantitative estimate of drug-likeness (QED) is 0.327. The van der Waals surface area contributed by atoms with Gasteiger partial charge in [-0.2, -0.15) is 0 Å². The maximum atomic E-state index is 2.30. The van der Waals surface area contributed by atoms with Crippen LogP contribution in [-0.4, -0.2) is 12.5 Å². The molecule has 0 aliphatic carbocycles. The summed E-state index contributed by atoms with van der Waals surface area (Å²) in [5, 5.41) is 8.21. The zero-order chi connectivity index (χ0) is 13.7. The van der Waals surface area contributed by atoms with Crippen LogP contribution in [0, 0.1) is 0 Å². The van der Waals surface area contributed by atoms with Gasteiger partial charge in [-0.15, -0.1) is 23.5 Å². The molecule has 4 rings (SSSR count). The first-order valence-electron chi connectivity index (χ1n) is 6.61. The highest BCUT2D eigenvalue weighted by Crippen LogP contribution is 2.38. The number of hydrogen-bond donors (Lipinski definition) is 0. The SMILES string of the molecule is CSc1cc2ccc3cc(SC)cc4ccc(c1)c2c34. The molecule has 98 valence electrons. The largest absolute Gasteiger partial charge is 0.130 e. The Bertz CT molecular complexity index is 781. The van der Waals surface area contributed by atoms with E-state index in [1.54, 1.807) is 0 Å². The normalized spacial score (nSPS) is 11.9. The van der Waals surface area contributed by atoms with Crippen LogP contribution in [-0.2, 0) is 0 Å². The predicted octanol–water partition coefficient (Wildman–Crippen LogP) is 6.03. The average molecular weight is 294 g/mol. The molecule has 0 heterocycles. The number of benzene rings is 4. The monoisotopic (exact) mass is 294 g/mol. The van der Waals surface area contributed by atoms with Crippen LogP contribution in [0.3, 0.4) is 0 Å². The lowest BCUT2D eigenvalue weighted by Crippen LogP contribution is -1.85. The van der Waals surface area contributed by atoms with Crippen molar-refractivity contribution < 1.29 is 0 Å². The van der Waals surface area contributed by atoms with Gasteiger partial charge in [-0.3, -0.25) is 0 Å². The van der Waals surface area contributed by atoms with Crippen molar-refractivity contribution in [3.8, 4) is 0 Å². The van der Waals surface area contributed by atoms with Crippen LogP contribution < -0.4 is 0 Å². The van der Waals surface area contributed by atoms with Gasteiger partial charge in [-0.1, -0.05) is 24.3 Å². The molecule has 0 atom stereocenters. The van der Waals surface area contributed by atoms with Crippen LogP contribution in [0.15, 0.2) is 58.3 Å². The third-order valence-electron chi connectivity index (χ3n) is 3.95. The van der Waals surface area contributed by atoms with Crippen molar-refractivity contribution in [1.29, 1.82) is 0 Å². The molecule has 0 unspecified atom stereocenters. The second kappa shape index (κ2) is 4.57. The molecule has 0 bridgehead atoms. The highest BCUT2D eigenvalue weighted by atomic mass is 32.2. The summed E-state index contributed by atoms with van der Waals surface area (Å²) in [6, 6.07) is 18.2. The average Bonchev–Trinajstić information content (AvgIpc) is 2.51. The smallest absolute Gasteiger partial charge is 0.00814 e. The summed E-state index contributed by atoms with van der Waals surface area (Å²) in [7, 11) is 0. The van der Waals surface area contributed by atoms with Gasteiger partial charge in [-0.25, -0.2) is 0 Å². The molecule has 0 fully saturated rings. The number of hydrogen-bond acceptors (Lipinski definition) is 2. The summed E-state index contributed by atoms with van der Waals surface area (Å²) in [6.45, 7) is 0. The van der Waals surface area contributed by atoms with Crippen molar-refractivity contribution in [3.05, 3.63) is 48.5 Å². The van der Waals surface area contributed by atoms with Gasteiger partial charge in [0.05, 0.1) is 0 Å². The lowest BCUT2D eigenvalue weighted by molar-refractivity contribution is 1.52. The predicted molar refractivity (Wildman–Crippen MR) is 93.7 cm³/mol. The molecule has 0 radical (unpaired) electrons. The Morgan fingerprint density at radius 2 is 0.850 bits per heavy atom. The number of rotatable bonds is 2. The Morgan fingerprint density at radius 1 is 0.550 bits per heavy atom. The van der Waals surface area contributed by atoms with Crippen LogP contribution in [0.1, 0.15) is 0 Å². The van der Waals surface area contributed by atoms with Gasteiger partial charge in [0.15, 0.2) is 0 Å². The third-order valence-corrected chi connectivity index (χ3v) is 5.37. The molecule has 0 saturated carbocycles. The fourth-order valence-corrected chi connectivity index (χ4v) is 4.00. The summed E-state index contributed by atoms with van der Waals surface area (Å²) in [4.78, 5) is 2.67. The minimum atomic E-state index is 1.33. The summed E-state index contributed by atoms with van der Waals surface area (Å²) in [5.41, 5.74) is 0. The van der Waals surface area contributed by atoms with Crippen molar-refractivity contribution in [2.24, 2.45) is 0 Å². The van der Waals surface area contributed by atoms with E-state index in [-0.39, 0.29) is 0 Å². The molecular formula is C18H14S2. The minimum absolute atomic E-state index is 1.33. The van der Waals surface area contributed by atoms with Gasteiger partial charge < -0.3 is 0 Å². The second-order valence-electron chi connectivity index (χ2n) is 5.03. The summed E-state index contributed by atoms with van der Waals surface area (Å²) in [6.07, 6.45) is 4.27. The molecule has 0 aromatic heterocycles. The van der Waals surface area contributed by atoms with Crippen LogP contribution in [0.4, 0.5) is 0 Å². The fraction of sp³-hybridized carbons (Fsp3) is 0.111. The second-order valence-corrected chi connectivity index (χ2v) is 6.79. The molecule has 2 heteroatoms. The maximum absolute atomic E-state index is 2.30. The van der Waals surface area contributed by atoms with E-state index in [0.717, 1.165) is 0 Å². The highest BCUT2D eigenvalue weighted by Gasteiger charge is 2.10. The van der Waals surface area contributed by atoms with Gasteiger partial charge in [0.1, 0.15) is 0 Å². The molecular weight excluding hydrogens is 280 g/mol. The van der Waals surface area contributed by atoms with Crippen LogP contribution in [0.5, 0.6) is 0 Å². The summed E-state index contributed by atoms with van der Waals surface area (Å²) in [5.74, 6) is 0. The Hall–Kier alpha value is -1.38. The summed E-state index contributed by atoms with van der Waals surface area (Å²) >= 11 is 3.62. The first-order chi connectivity index (χ1) is 9.80. The van der Waals surface area contributed by atoms with Crippen molar-refractivity contribution in [2.75, 3.05) is 12.5 Å². The van der Waals surface area contributed by atoms with E-state index < -0.39 is 0 Å². The van der Waals surface area contributed by atoms with E-state index in [1.807, 2.05) is 23.5 Å². The van der Waals surface area contributed by atoms with E-state index in [1.165, 1.54) is 42.1 Å². The Morgan fingerprint density at radius 3 is 1.10 bits per heavy atom. The van der Waals surface area contributed by atoms with Crippen molar-refractivity contribution >= 4 is 55.8 Å². The Labute approximate surface area is 126 Å². The molecule has 0 aliphatic rings. The van der Waals surface area contributed by atoms with Gasteiger partial charge >= 0.3 is 0 Å². The maximum Gasteiger partial charge on any atom is 0.00814 e. The Kier molecular flexibility index (Phi) is 2.83. The summed E-state index contributed by atoms with van der Waals surface area (Å²) < 4.78 is 0. The first kappa shape index (κ1) is 12.4. The molecule has 0 saturated heterocycles. The van der Waals surface area contributed by atoms with Crippen molar-refractivity contribution in [1.82, 2.24) is 0 Å². The minimum Gasteiger partial charge on any atom is -0.130 e. The standard InChI is InChI=1S/C18H14S2/c1-19-15-7-11-3-5-13-9-16(20-2)10-14-6-4-12(8-15)17(11)18(13)14/h3-10H,1-2H3. The van der Waals surface area contributed by atoms with Crippen LogP contribution in [0.2, 0.25) is 0 Å². The highest BCUT2D eigenvalue weighted by molar-refractivity contribution is 7.98. The topological polar surface area (TPSA) is 0 Å². The zero-order valence-electron chi connectivity index (χ0n) is 11.4. The zero-order valence-corrected chi connectivity index (χ0v) is 13.1. The van der Waals surface area contributed by atoms with Crippen molar-refractivity contribution in [3.63, 3.8) is 0 Å². The molecule has 4 aromatic carbocycles.